The Balaban J connectivity index is 2.26. The molecule has 0 amide bonds. The van der Waals surface area contributed by atoms with Gasteiger partial charge in [0, 0.05) is 11.6 Å². The quantitative estimate of drug-likeness (QED) is 0.619. The van der Waals surface area contributed by atoms with Crippen molar-refractivity contribution in [1.82, 2.24) is 0 Å². The fourth-order valence-corrected chi connectivity index (χ4v) is 2.15. The van der Waals surface area contributed by atoms with Gasteiger partial charge in [-0.15, -0.1) is 0 Å². The van der Waals surface area contributed by atoms with Crippen LogP contribution in [-0.4, -0.2) is 26.3 Å². The number of methoxy groups -OCH3 is 3. The van der Waals surface area contributed by atoms with Gasteiger partial charge in [0.2, 0.25) is 5.75 Å². The third-order valence-corrected chi connectivity index (χ3v) is 3.22. The van der Waals surface area contributed by atoms with Gasteiger partial charge in [0.15, 0.2) is 11.5 Å². The monoisotopic (exact) mass is 320 g/mol. The summed E-state index contributed by atoms with van der Waals surface area (Å²) in [6, 6.07) is 6.56. The van der Waals surface area contributed by atoms with Gasteiger partial charge in [-0.25, -0.2) is 4.98 Å². The molecular formula is C15H18N3O5+. The van der Waals surface area contributed by atoms with Gasteiger partial charge in [-0.2, -0.15) is 0 Å². The summed E-state index contributed by atoms with van der Waals surface area (Å²) in [6.45, 7) is 0.345. The van der Waals surface area contributed by atoms with Crippen molar-refractivity contribution in [2.24, 2.45) is 0 Å². The maximum atomic E-state index is 11.0. The Morgan fingerprint density at radius 1 is 1.17 bits per heavy atom. The summed E-state index contributed by atoms with van der Waals surface area (Å²) in [4.78, 5) is 13.4. The standard InChI is InChI=1S/C15H17N3O5/c1-21-12-7-10(8-13(22-2)14(12)23-3)9-17-15-11(18(19)20)5-4-6-16-15/h4-8H,9H2,1-3H3,(H,16,17)/p+1. The van der Waals surface area contributed by atoms with Crippen molar-refractivity contribution < 1.29 is 24.1 Å². The highest BCUT2D eigenvalue weighted by Gasteiger charge is 2.20. The molecule has 2 N–H and O–H groups in total. The number of hydrogen-bond acceptors (Lipinski definition) is 6. The first-order valence-electron chi connectivity index (χ1n) is 6.78. The van der Waals surface area contributed by atoms with Crippen molar-refractivity contribution in [2.45, 2.75) is 6.54 Å². The number of nitrogens with one attached hydrogen (secondary N) is 2. The van der Waals surface area contributed by atoms with Crippen molar-refractivity contribution in [3.05, 3.63) is 46.1 Å². The zero-order valence-corrected chi connectivity index (χ0v) is 13.1. The number of aromatic amines is 1. The van der Waals surface area contributed by atoms with Crippen LogP contribution < -0.4 is 24.5 Å². The molecule has 0 unspecified atom stereocenters. The lowest BCUT2D eigenvalue weighted by molar-refractivity contribution is -0.409. The lowest BCUT2D eigenvalue weighted by Gasteiger charge is -2.13. The van der Waals surface area contributed by atoms with E-state index in [0.29, 0.717) is 29.6 Å². The van der Waals surface area contributed by atoms with Crippen molar-refractivity contribution in [3.63, 3.8) is 0 Å². The van der Waals surface area contributed by atoms with Gasteiger partial charge < -0.3 is 14.2 Å². The molecule has 8 heteroatoms. The number of rotatable bonds is 7. The summed E-state index contributed by atoms with van der Waals surface area (Å²) in [5.41, 5.74) is 0.797. The van der Waals surface area contributed by atoms with Crippen LogP contribution in [0.5, 0.6) is 17.2 Å². The largest absolute Gasteiger partial charge is 0.493 e. The highest BCUT2D eigenvalue weighted by atomic mass is 16.6. The normalized spacial score (nSPS) is 10.0. The van der Waals surface area contributed by atoms with Crippen LogP contribution in [-0.2, 0) is 6.54 Å². The number of pyridine rings is 1. The fourth-order valence-electron chi connectivity index (χ4n) is 2.15. The number of nitrogens with zero attached hydrogens (tertiary/aromatic N) is 1. The van der Waals surface area contributed by atoms with Crippen molar-refractivity contribution in [2.75, 3.05) is 26.6 Å². The van der Waals surface area contributed by atoms with E-state index in [1.54, 1.807) is 24.4 Å². The summed E-state index contributed by atoms with van der Waals surface area (Å²) in [6.07, 6.45) is 1.62. The van der Waals surface area contributed by atoms with Crippen LogP contribution in [0.25, 0.3) is 0 Å². The molecule has 2 rings (SSSR count). The summed E-state index contributed by atoms with van der Waals surface area (Å²) >= 11 is 0. The van der Waals surface area contributed by atoms with Crippen molar-refractivity contribution in [1.29, 1.82) is 0 Å². The Bertz CT molecular complexity index is 680. The van der Waals surface area contributed by atoms with Crippen LogP contribution in [0.4, 0.5) is 11.5 Å². The fraction of sp³-hybridized carbons (Fsp3) is 0.267. The lowest BCUT2D eigenvalue weighted by atomic mass is 10.1. The van der Waals surface area contributed by atoms with Crippen LogP contribution in [0.1, 0.15) is 5.56 Å². The summed E-state index contributed by atoms with van der Waals surface area (Å²) in [5.74, 6) is 1.87. The highest BCUT2D eigenvalue weighted by Crippen LogP contribution is 2.38. The molecule has 122 valence electrons. The summed E-state index contributed by atoms with van der Waals surface area (Å²) in [7, 11) is 4.59. The van der Waals surface area contributed by atoms with E-state index in [9.17, 15) is 10.1 Å². The Kier molecular flexibility index (Phi) is 5.19. The predicted molar refractivity (Wildman–Crippen MR) is 83.1 cm³/mol. The number of anilines is 1. The SMILES string of the molecule is COc1cc(CNc2[nH+]cccc2[N+](=O)[O-])cc(OC)c1OC. The molecule has 0 bridgehead atoms. The van der Waals surface area contributed by atoms with E-state index >= 15 is 0 Å². The van der Waals surface area contributed by atoms with E-state index in [2.05, 4.69) is 10.3 Å². The molecule has 0 aliphatic carbocycles. The van der Waals surface area contributed by atoms with Gasteiger partial charge in [0.1, 0.15) is 6.54 Å². The van der Waals surface area contributed by atoms with E-state index in [1.807, 2.05) is 0 Å². The summed E-state index contributed by atoms with van der Waals surface area (Å²) < 4.78 is 15.8. The average Bonchev–Trinajstić information content (AvgIpc) is 2.58. The molecule has 23 heavy (non-hydrogen) atoms. The Labute approximate surface area is 133 Å². The van der Waals surface area contributed by atoms with E-state index in [1.165, 1.54) is 27.4 Å². The molecule has 1 aromatic heterocycles. The maximum Gasteiger partial charge on any atom is 0.357 e. The minimum atomic E-state index is -0.450. The minimum Gasteiger partial charge on any atom is -0.493 e. The average molecular weight is 320 g/mol. The van der Waals surface area contributed by atoms with Crippen LogP contribution in [0, 0.1) is 10.1 Å². The molecule has 0 radical (unpaired) electrons. The van der Waals surface area contributed by atoms with Crippen LogP contribution in [0.3, 0.4) is 0 Å². The molecular weight excluding hydrogens is 302 g/mol. The van der Waals surface area contributed by atoms with Gasteiger partial charge >= 0.3 is 11.5 Å². The molecule has 0 atom stereocenters. The molecule has 0 aliphatic heterocycles. The lowest BCUT2D eigenvalue weighted by Crippen LogP contribution is -2.14. The Hall–Kier alpha value is -3.03. The molecule has 0 spiro atoms. The van der Waals surface area contributed by atoms with Gasteiger partial charge in [0.25, 0.3) is 0 Å². The molecule has 2 aromatic rings. The third-order valence-electron chi connectivity index (χ3n) is 3.22. The van der Waals surface area contributed by atoms with Crippen LogP contribution >= 0.6 is 0 Å². The van der Waals surface area contributed by atoms with Crippen LogP contribution in [0.15, 0.2) is 30.5 Å². The van der Waals surface area contributed by atoms with Crippen molar-refractivity contribution >= 4 is 11.5 Å². The number of benzene rings is 1. The number of nitro groups is 1. The second-order valence-electron chi connectivity index (χ2n) is 4.57. The second kappa shape index (κ2) is 7.30. The first-order chi connectivity index (χ1) is 11.1. The van der Waals surface area contributed by atoms with Crippen LogP contribution in [0.2, 0.25) is 0 Å². The molecule has 0 fully saturated rings. The first-order valence-corrected chi connectivity index (χ1v) is 6.78. The smallest absolute Gasteiger partial charge is 0.357 e. The number of H-pyrrole nitrogens is 1. The Morgan fingerprint density at radius 2 is 1.83 bits per heavy atom. The minimum absolute atomic E-state index is 0.0278. The Morgan fingerprint density at radius 3 is 2.35 bits per heavy atom. The summed E-state index contributed by atoms with van der Waals surface area (Å²) in [5, 5.41) is 14.0. The zero-order chi connectivity index (χ0) is 16.8. The number of hydrogen-bond donors (Lipinski definition) is 1. The van der Waals surface area contributed by atoms with E-state index in [4.69, 9.17) is 14.2 Å². The van der Waals surface area contributed by atoms with E-state index < -0.39 is 4.92 Å². The molecule has 1 heterocycles. The molecule has 8 nitrogen and oxygen atoms in total. The molecule has 0 saturated carbocycles. The van der Waals surface area contributed by atoms with Gasteiger partial charge in [0.05, 0.1) is 32.4 Å². The topological polar surface area (TPSA) is 97.0 Å². The maximum absolute atomic E-state index is 11.0. The van der Waals surface area contributed by atoms with E-state index in [0.717, 1.165) is 5.56 Å². The van der Waals surface area contributed by atoms with E-state index in [-0.39, 0.29) is 5.69 Å². The number of aromatic nitrogens is 1. The molecule has 0 saturated heterocycles. The zero-order valence-electron chi connectivity index (χ0n) is 13.1. The molecule has 1 aromatic carbocycles. The van der Waals surface area contributed by atoms with Crippen molar-refractivity contribution in [3.8, 4) is 17.2 Å². The third kappa shape index (κ3) is 3.60. The predicted octanol–water partition coefficient (Wildman–Crippen LogP) is 2.05. The second-order valence-corrected chi connectivity index (χ2v) is 4.57. The van der Waals surface area contributed by atoms with Gasteiger partial charge in [-0.3, -0.25) is 15.4 Å². The molecule has 0 aliphatic rings. The highest BCUT2D eigenvalue weighted by molar-refractivity contribution is 5.55. The first kappa shape index (κ1) is 16.3. The van der Waals surface area contributed by atoms with Gasteiger partial charge in [-0.05, 0) is 18.2 Å². The van der Waals surface area contributed by atoms with Gasteiger partial charge in [-0.1, -0.05) is 0 Å². The number of ether oxygens (including phenoxy) is 3.